The number of quaternary nitrogens is 1. The number of nitro benzene ring substituents is 1. The molecule has 1 rings (SSSR count). The molecule has 0 saturated carbocycles. The van der Waals surface area contributed by atoms with Gasteiger partial charge in [0.2, 0.25) is 0 Å². The van der Waals surface area contributed by atoms with Gasteiger partial charge in [-0.2, -0.15) is 0 Å². The van der Waals surface area contributed by atoms with Crippen LogP contribution in [-0.2, 0) is 6.54 Å². The van der Waals surface area contributed by atoms with Crippen LogP contribution in [0.4, 0.5) is 5.69 Å². The normalized spacial score (nSPS) is 11.6. The zero-order valence-corrected chi connectivity index (χ0v) is 12.7. The van der Waals surface area contributed by atoms with Crippen molar-refractivity contribution in [2.45, 2.75) is 13.5 Å². The Balaban J connectivity index is 2.91. The highest BCUT2D eigenvalue weighted by Crippen LogP contribution is 2.21. The van der Waals surface area contributed by atoms with Crippen LogP contribution >= 0.6 is 23.2 Å². The first-order valence-electron chi connectivity index (χ1n) is 6.11. The molecule has 0 saturated heterocycles. The number of aryl methyl sites for hydroxylation is 1. The van der Waals surface area contributed by atoms with Crippen molar-refractivity contribution in [3.05, 3.63) is 39.4 Å². The van der Waals surface area contributed by atoms with Crippen LogP contribution in [0.15, 0.2) is 18.2 Å². The van der Waals surface area contributed by atoms with E-state index in [0.29, 0.717) is 17.3 Å². The minimum absolute atomic E-state index is 0.160. The van der Waals surface area contributed by atoms with Crippen LogP contribution < -0.4 is 0 Å². The number of halogens is 2. The summed E-state index contributed by atoms with van der Waals surface area (Å²) in [5, 5.41) is 10.8. The van der Waals surface area contributed by atoms with Crippen molar-refractivity contribution in [1.82, 2.24) is 0 Å². The third kappa shape index (κ3) is 4.64. The lowest BCUT2D eigenvalue weighted by molar-refractivity contribution is -0.918. The Morgan fingerprint density at radius 2 is 1.84 bits per heavy atom. The Hall–Kier alpha value is -0.840. The van der Waals surface area contributed by atoms with E-state index in [1.807, 2.05) is 12.1 Å². The molecular weight excluding hydrogens is 287 g/mol. The number of hydrogen-bond donors (Lipinski definition) is 0. The maximum Gasteiger partial charge on any atom is 0.272 e. The zero-order chi connectivity index (χ0) is 14.5. The van der Waals surface area contributed by atoms with Crippen molar-refractivity contribution >= 4 is 28.9 Å². The van der Waals surface area contributed by atoms with Crippen LogP contribution in [0.3, 0.4) is 0 Å². The Labute approximate surface area is 123 Å². The molecule has 0 spiro atoms. The summed E-state index contributed by atoms with van der Waals surface area (Å²) in [7, 11) is 2.10. The molecule has 6 heteroatoms. The first-order valence-corrected chi connectivity index (χ1v) is 7.18. The fourth-order valence-corrected chi connectivity index (χ4v) is 2.96. The molecule has 0 unspecified atom stereocenters. The van der Waals surface area contributed by atoms with Gasteiger partial charge in [-0.05, 0) is 19.1 Å². The molecule has 0 aliphatic rings. The Bertz CT molecular complexity index is 446. The molecule has 0 heterocycles. The minimum atomic E-state index is -0.356. The molecular formula is C13H19Cl2N2O2+. The van der Waals surface area contributed by atoms with E-state index in [1.165, 1.54) is 0 Å². The van der Waals surface area contributed by atoms with Crippen molar-refractivity contribution in [3.63, 3.8) is 0 Å². The van der Waals surface area contributed by atoms with Gasteiger partial charge in [-0.25, -0.2) is 0 Å². The van der Waals surface area contributed by atoms with Crippen LogP contribution in [0.5, 0.6) is 0 Å². The third-order valence-electron chi connectivity index (χ3n) is 3.27. The molecule has 0 fully saturated rings. The summed E-state index contributed by atoms with van der Waals surface area (Å²) in [4.78, 5) is 10.4. The quantitative estimate of drug-likeness (QED) is 0.336. The van der Waals surface area contributed by atoms with E-state index in [0.717, 1.165) is 29.7 Å². The third-order valence-corrected chi connectivity index (χ3v) is 3.61. The van der Waals surface area contributed by atoms with Crippen LogP contribution in [0.1, 0.15) is 11.1 Å². The summed E-state index contributed by atoms with van der Waals surface area (Å²) in [6.07, 6.45) is 0. The summed E-state index contributed by atoms with van der Waals surface area (Å²) in [5.74, 6) is 1.14. The summed E-state index contributed by atoms with van der Waals surface area (Å²) in [6.45, 7) is 4.18. The number of hydrogen-bond acceptors (Lipinski definition) is 2. The lowest BCUT2D eigenvalue weighted by Crippen LogP contribution is -2.46. The molecule has 0 aromatic heterocycles. The second kappa shape index (κ2) is 7.08. The molecule has 0 aliphatic heterocycles. The fraction of sp³-hybridized carbons (Fsp3) is 0.538. The van der Waals surface area contributed by atoms with Crippen molar-refractivity contribution in [3.8, 4) is 0 Å². The summed E-state index contributed by atoms with van der Waals surface area (Å²) in [5.41, 5.74) is 1.92. The Morgan fingerprint density at radius 1 is 1.26 bits per heavy atom. The standard InChI is InChI=1S/C13H19Cl2N2O2/c1-11-9-12(3-4-13(11)16(18)19)10-17(2,7-5-14)8-6-15/h3-4,9H,5-8,10H2,1-2H3/q+1. The molecule has 0 radical (unpaired) electrons. The van der Waals surface area contributed by atoms with Crippen molar-refractivity contribution in [2.75, 3.05) is 31.9 Å². The topological polar surface area (TPSA) is 43.1 Å². The Morgan fingerprint density at radius 3 is 2.26 bits per heavy atom. The van der Waals surface area contributed by atoms with Gasteiger partial charge in [-0.3, -0.25) is 10.1 Å². The predicted molar refractivity (Wildman–Crippen MR) is 78.9 cm³/mol. The van der Waals surface area contributed by atoms with Gasteiger partial charge in [0.25, 0.3) is 5.69 Å². The van der Waals surface area contributed by atoms with Gasteiger partial charge in [0.15, 0.2) is 0 Å². The molecule has 106 valence electrons. The SMILES string of the molecule is Cc1cc(C[N+](C)(CCCl)CCCl)ccc1[N+](=O)[O-]. The zero-order valence-electron chi connectivity index (χ0n) is 11.2. The van der Waals surface area contributed by atoms with Crippen LogP contribution in [-0.4, -0.2) is 41.3 Å². The summed E-state index contributed by atoms with van der Waals surface area (Å²) >= 11 is 11.7. The first kappa shape index (κ1) is 16.2. The van der Waals surface area contributed by atoms with E-state index in [2.05, 4.69) is 7.05 Å². The van der Waals surface area contributed by atoms with Gasteiger partial charge < -0.3 is 4.48 Å². The second-order valence-corrected chi connectivity index (χ2v) is 5.74. The summed E-state index contributed by atoms with van der Waals surface area (Å²) < 4.78 is 0.740. The number of rotatable bonds is 7. The average molecular weight is 306 g/mol. The van der Waals surface area contributed by atoms with E-state index in [1.54, 1.807) is 13.0 Å². The highest BCUT2D eigenvalue weighted by atomic mass is 35.5. The van der Waals surface area contributed by atoms with Gasteiger partial charge in [0.05, 0.1) is 36.8 Å². The maximum absolute atomic E-state index is 10.8. The average Bonchev–Trinajstić information content (AvgIpc) is 2.28. The largest absolute Gasteiger partial charge is 0.320 e. The number of nitro groups is 1. The smallest absolute Gasteiger partial charge is 0.272 e. The Kier molecular flexibility index (Phi) is 6.04. The van der Waals surface area contributed by atoms with Gasteiger partial charge in [-0.15, -0.1) is 23.2 Å². The lowest BCUT2D eigenvalue weighted by atomic mass is 10.1. The predicted octanol–water partition coefficient (Wildman–Crippen LogP) is 3.33. The number of alkyl halides is 2. The first-order chi connectivity index (χ1) is 8.91. The van der Waals surface area contributed by atoms with E-state index in [9.17, 15) is 10.1 Å². The van der Waals surface area contributed by atoms with Gasteiger partial charge in [0, 0.05) is 17.2 Å². The molecule has 0 atom stereocenters. The lowest BCUT2D eigenvalue weighted by Gasteiger charge is -2.33. The molecule has 1 aromatic carbocycles. The number of nitrogens with zero attached hydrogens (tertiary/aromatic N) is 2. The maximum atomic E-state index is 10.8. The molecule has 19 heavy (non-hydrogen) atoms. The van der Waals surface area contributed by atoms with Crippen LogP contribution in [0.25, 0.3) is 0 Å². The van der Waals surface area contributed by atoms with Gasteiger partial charge in [0.1, 0.15) is 6.54 Å². The molecule has 0 amide bonds. The van der Waals surface area contributed by atoms with Gasteiger partial charge >= 0.3 is 0 Å². The summed E-state index contributed by atoms with van der Waals surface area (Å²) in [6, 6.07) is 5.25. The molecule has 0 aliphatic carbocycles. The number of benzene rings is 1. The van der Waals surface area contributed by atoms with E-state index >= 15 is 0 Å². The minimum Gasteiger partial charge on any atom is -0.320 e. The highest BCUT2D eigenvalue weighted by molar-refractivity contribution is 6.18. The monoisotopic (exact) mass is 305 g/mol. The van der Waals surface area contributed by atoms with Crippen LogP contribution in [0, 0.1) is 17.0 Å². The van der Waals surface area contributed by atoms with Crippen molar-refractivity contribution < 1.29 is 9.41 Å². The van der Waals surface area contributed by atoms with Crippen molar-refractivity contribution in [1.29, 1.82) is 0 Å². The molecule has 4 nitrogen and oxygen atoms in total. The molecule has 1 aromatic rings. The van der Waals surface area contributed by atoms with Crippen molar-refractivity contribution in [2.24, 2.45) is 0 Å². The van der Waals surface area contributed by atoms with Crippen LogP contribution in [0.2, 0.25) is 0 Å². The second-order valence-electron chi connectivity index (χ2n) is 4.98. The van der Waals surface area contributed by atoms with E-state index in [4.69, 9.17) is 23.2 Å². The highest BCUT2D eigenvalue weighted by Gasteiger charge is 2.22. The molecule has 0 bridgehead atoms. The van der Waals surface area contributed by atoms with E-state index < -0.39 is 0 Å². The fourth-order valence-electron chi connectivity index (χ4n) is 2.14. The van der Waals surface area contributed by atoms with E-state index in [-0.39, 0.29) is 10.6 Å². The molecule has 0 N–H and O–H groups in total. The van der Waals surface area contributed by atoms with Gasteiger partial charge in [-0.1, -0.05) is 0 Å².